The Kier molecular flexibility index (Phi) is 5.91. The molecule has 0 saturated heterocycles. The molecule has 3 heterocycles. The topological polar surface area (TPSA) is 129 Å². The van der Waals surface area contributed by atoms with Crippen LogP contribution in [0.2, 0.25) is 0 Å². The van der Waals surface area contributed by atoms with E-state index in [1.165, 1.54) is 6.26 Å². The van der Waals surface area contributed by atoms with Gasteiger partial charge in [0, 0.05) is 6.07 Å². The summed E-state index contributed by atoms with van der Waals surface area (Å²) in [6.45, 7) is 7.57. The Morgan fingerprint density at radius 3 is 2.64 bits per heavy atom. The van der Waals surface area contributed by atoms with Gasteiger partial charge in [0.2, 0.25) is 0 Å². The minimum Gasteiger partial charge on any atom is -0.465 e. The lowest BCUT2D eigenvalue weighted by molar-refractivity contribution is -0.149. The number of carbonyl (C=O) groups is 1. The van der Waals surface area contributed by atoms with Crippen molar-refractivity contribution in [2.24, 2.45) is 0 Å². The van der Waals surface area contributed by atoms with Gasteiger partial charge in [0.05, 0.1) is 18.8 Å². The molecule has 4 rings (SSSR count). The number of aromatic amines is 1. The van der Waals surface area contributed by atoms with E-state index in [0.29, 0.717) is 23.6 Å². The van der Waals surface area contributed by atoms with Crippen molar-refractivity contribution in [1.82, 2.24) is 30.1 Å². The van der Waals surface area contributed by atoms with Crippen LogP contribution in [0.25, 0.3) is 22.9 Å². The van der Waals surface area contributed by atoms with Gasteiger partial charge in [-0.1, -0.05) is 29.4 Å². The zero-order valence-electron chi connectivity index (χ0n) is 18.8. The van der Waals surface area contributed by atoms with E-state index in [9.17, 15) is 9.59 Å². The number of ether oxygens (including phenoxy) is 1. The number of aromatic nitrogens is 6. The van der Waals surface area contributed by atoms with E-state index in [-0.39, 0.29) is 18.1 Å². The highest BCUT2D eigenvalue weighted by atomic mass is 16.5. The maximum atomic E-state index is 12.8. The highest BCUT2D eigenvalue weighted by Crippen LogP contribution is 2.25. The number of hydrogen-bond donors (Lipinski definition) is 1. The third kappa shape index (κ3) is 4.32. The van der Waals surface area contributed by atoms with Gasteiger partial charge in [-0.25, -0.2) is 0 Å². The van der Waals surface area contributed by atoms with Crippen molar-refractivity contribution < 1.29 is 14.1 Å². The van der Waals surface area contributed by atoms with Gasteiger partial charge in [0.15, 0.2) is 5.82 Å². The van der Waals surface area contributed by atoms with Gasteiger partial charge in [0.25, 0.3) is 5.56 Å². The third-order valence-electron chi connectivity index (χ3n) is 5.38. The SMILES string of the molecule is CCOC(=O)C(C)(C)c1nnc(-c2cc(-c3ccon3)n(Cc3ccccc3C)n2)[nH]c1=O. The molecule has 4 aromatic rings. The molecule has 0 fully saturated rings. The van der Waals surface area contributed by atoms with Gasteiger partial charge in [0.1, 0.15) is 28.8 Å². The van der Waals surface area contributed by atoms with Crippen LogP contribution in [0, 0.1) is 6.92 Å². The van der Waals surface area contributed by atoms with Crippen molar-refractivity contribution >= 4 is 5.97 Å². The summed E-state index contributed by atoms with van der Waals surface area (Å²) in [6, 6.07) is 11.5. The summed E-state index contributed by atoms with van der Waals surface area (Å²) in [5.74, 6) is -0.370. The van der Waals surface area contributed by atoms with Crippen molar-refractivity contribution in [3.8, 4) is 22.9 Å². The molecular formula is C23H24N6O4. The van der Waals surface area contributed by atoms with Gasteiger partial charge in [-0.2, -0.15) is 5.10 Å². The number of H-pyrrole nitrogens is 1. The molecule has 10 nitrogen and oxygen atoms in total. The molecular weight excluding hydrogens is 424 g/mol. The predicted molar refractivity (Wildman–Crippen MR) is 119 cm³/mol. The molecule has 1 aromatic carbocycles. The van der Waals surface area contributed by atoms with E-state index in [0.717, 1.165) is 11.1 Å². The molecule has 33 heavy (non-hydrogen) atoms. The first-order valence-electron chi connectivity index (χ1n) is 10.5. The molecule has 0 unspecified atom stereocenters. The Labute approximate surface area is 189 Å². The molecule has 0 atom stereocenters. The summed E-state index contributed by atoms with van der Waals surface area (Å²) < 4.78 is 11.8. The monoisotopic (exact) mass is 448 g/mol. The normalized spacial score (nSPS) is 11.5. The summed E-state index contributed by atoms with van der Waals surface area (Å²) >= 11 is 0. The molecule has 0 radical (unpaired) electrons. The second-order valence-electron chi connectivity index (χ2n) is 8.08. The van der Waals surface area contributed by atoms with Crippen molar-refractivity contribution in [3.63, 3.8) is 0 Å². The van der Waals surface area contributed by atoms with E-state index in [4.69, 9.17) is 9.26 Å². The van der Waals surface area contributed by atoms with Crippen LogP contribution in [0.3, 0.4) is 0 Å². The Hall–Kier alpha value is -4.08. The first-order valence-corrected chi connectivity index (χ1v) is 10.5. The average molecular weight is 448 g/mol. The first-order chi connectivity index (χ1) is 15.8. The van der Waals surface area contributed by atoms with E-state index in [1.807, 2.05) is 31.2 Å². The van der Waals surface area contributed by atoms with E-state index in [1.54, 1.807) is 37.6 Å². The molecule has 0 amide bonds. The molecule has 0 aliphatic carbocycles. The third-order valence-corrected chi connectivity index (χ3v) is 5.38. The number of esters is 1. The molecule has 170 valence electrons. The zero-order valence-corrected chi connectivity index (χ0v) is 18.8. The Bertz CT molecular complexity index is 1340. The maximum absolute atomic E-state index is 12.8. The second-order valence-corrected chi connectivity index (χ2v) is 8.08. The predicted octanol–water partition coefficient (Wildman–Crippen LogP) is 2.88. The quantitative estimate of drug-likeness (QED) is 0.427. The molecule has 3 aromatic heterocycles. The smallest absolute Gasteiger partial charge is 0.317 e. The summed E-state index contributed by atoms with van der Waals surface area (Å²) in [4.78, 5) is 27.8. The zero-order chi connectivity index (χ0) is 23.6. The molecule has 1 N–H and O–H groups in total. The van der Waals surface area contributed by atoms with Crippen LogP contribution >= 0.6 is 0 Å². The fraction of sp³-hybridized carbons (Fsp3) is 0.304. The molecule has 0 bridgehead atoms. The molecule has 0 aliphatic rings. The van der Waals surface area contributed by atoms with Crippen LogP contribution in [-0.2, 0) is 21.5 Å². The van der Waals surface area contributed by atoms with Crippen molar-refractivity contribution in [3.05, 3.63) is 69.8 Å². The van der Waals surface area contributed by atoms with E-state index < -0.39 is 16.9 Å². The van der Waals surface area contributed by atoms with Crippen LogP contribution in [-0.4, -0.2) is 42.7 Å². The van der Waals surface area contributed by atoms with Gasteiger partial charge in [-0.05, 0) is 44.9 Å². The van der Waals surface area contributed by atoms with Crippen molar-refractivity contribution in [2.45, 2.75) is 39.7 Å². The molecule has 0 aliphatic heterocycles. The highest BCUT2D eigenvalue weighted by molar-refractivity contribution is 5.81. The summed E-state index contributed by atoms with van der Waals surface area (Å²) in [5, 5.41) is 16.9. The van der Waals surface area contributed by atoms with Gasteiger partial charge in [-0.3, -0.25) is 14.3 Å². The van der Waals surface area contributed by atoms with Crippen LogP contribution in [0.1, 0.15) is 37.6 Å². The van der Waals surface area contributed by atoms with Gasteiger partial charge >= 0.3 is 5.97 Å². The average Bonchev–Trinajstić information content (AvgIpc) is 3.45. The Morgan fingerprint density at radius 2 is 1.97 bits per heavy atom. The second kappa shape index (κ2) is 8.81. The fourth-order valence-corrected chi connectivity index (χ4v) is 3.42. The Balaban J connectivity index is 1.74. The minimum atomic E-state index is -1.24. The summed E-state index contributed by atoms with van der Waals surface area (Å²) in [7, 11) is 0. The van der Waals surface area contributed by atoms with Gasteiger partial charge < -0.3 is 14.2 Å². The molecule has 0 saturated carbocycles. The number of aryl methyl sites for hydroxylation is 1. The van der Waals surface area contributed by atoms with Gasteiger partial charge in [-0.15, -0.1) is 10.2 Å². The largest absolute Gasteiger partial charge is 0.465 e. The number of rotatable bonds is 7. The van der Waals surface area contributed by atoms with Crippen LogP contribution < -0.4 is 5.56 Å². The Morgan fingerprint density at radius 1 is 1.18 bits per heavy atom. The lowest BCUT2D eigenvalue weighted by atomic mass is 9.90. The van der Waals surface area contributed by atoms with E-state index in [2.05, 4.69) is 25.4 Å². The highest BCUT2D eigenvalue weighted by Gasteiger charge is 2.36. The summed E-state index contributed by atoms with van der Waals surface area (Å²) in [5.41, 5.74) is 2.10. The summed E-state index contributed by atoms with van der Waals surface area (Å²) in [6.07, 6.45) is 1.48. The maximum Gasteiger partial charge on any atom is 0.317 e. The van der Waals surface area contributed by atoms with Crippen molar-refractivity contribution in [1.29, 1.82) is 0 Å². The number of nitrogens with zero attached hydrogens (tertiary/aromatic N) is 5. The number of benzene rings is 1. The number of nitrogens with one attached hydrogen (secondary N) is 1. The number of carbonyl (C=O) groups excluding carboxylic acids is 1. The van der Waals surface area contributed by atoms with Crippen LogP contribution in [0.15, 0.2) is 52.0 Å². The fourth-order valence-electron chi connectivity index (χ4n) is 3.42. The standard InChI is InChI=1S/C23H24N6O4/c1-5-32-22(31)23(3,4)19-21(30)24-20(26-25-19)17-12-18(16-10-11-33-28-16)29(27-17)13-15-9-7-6-8-14(15)2/h6-12H,5,13H2,1-4H3,(H,24,26,30). The lowest BCUT2D eigenvalue weighted by Gasteiger charge is -2.19. The van der Waals surface area contributed by atoms with Crippen molar-refractivity contribution in [2.75, 3.05) is 6.61 Å². The van der Waals surface area contributed by atoms with Crippen LogP contribution in [0.4, 0.5) is 0 Å². The molecule has 10 heteroatoms. The molecule has 0 spiro atoms. The minimum absolute atomic E-state index is 0.0271. The van der Waals surface area contributed by atoms with E-state index >= 15 is 0 Å². The first kappa shape index (κ1) is 22.1. The van der Waals surface area contributed by atoms with Crippen LogP contribution in [0.5, 0.6) is 0 Å². The number of hydrogen-bond acceptors (Lipinski definition) is 8. The lowest BCUT2D eigenvalue weighted by Crippen LogP contribution is -2.38.